The summed E-state index contributed by atoms with van der Waals surface area (Å²) in [4.78, 5) is 11.9. The zero-order chi connectivity index (χ0) is 16.1. The van der Waals surface area contributed by atoms with Gasteiger partial charge in [-0.15, -0.1) is 0 Å². The fourth-order valence-corrected chi connectivity index (χ4v) is 2.45. The van der Waals surface area contributed by atoms with E-state index in [1.807, 2.05) is 77.6 Å². The Morgan fingerprint density at radius 2 is 1.61 bits per heavy atom. The number of nitrogens with zero attached hydrogens (tertiary/aromatic N) is 1. The second kappa shape index (κ2) is 7.15. The molecule has 2 amide bonds. The monoisotopic (exact) mass is 369 g/mol. The first kappa shape index (κ1) is 15.4. The van der Waals surface area contributed by atoms with Crippen LogP contribution in [0.4, 0.5) is 10.5 Å². The Hall–Kier alpha value is -2.53. The summed E-state index contributed by atoms with van der Waals surface area (Å²) in [6.07, 6.45) is 3.96. The zero-order valence-corrected chi connectivity index (χ0v) is 14.0. The standard InChI is InChI=1S/C18H16BrN3O/c19-15-5-3-14(4-6-15)13-20-18(23)21-16-7-9-17(10-8-16)22-11-1-2-12-22/h1-12H,13H2,(H2,20,21,23). The molecule has 0 atom stereocenters. The van der Waals surface area contributed by atoms with Gasteiger partial charge in [0.2, 0.25) is 0 Å². The molecule has 3 aromatic rings. The first-order valence-electron chi connectivity index (χ1n) is 7.23. The number of anilines is 1. The van der Waals surface area contributed by atoms with Crippen LogP contribution in [0.5, 0.6) is 0 Å². The highest BCUT2D eigenvalue weighted by Crippen LogP contribution is 2.14. The summed E-state index contributed by atoms with van der Waals surface area (Å²) in [5.41, 5.74) is 2.86. The Balaban J connectivity index is 1.54. The molecule has 116 valence electrons. The average molecular weight is 370 g/mol. The fourth-order valence-electron chi connectivity index (χ4n) is 2.18. The molecule has 3 rings (SSSR count). The van der Waals surface area contributed by atoms with Gasteiger partial charge in [-0.1, -0.05) is 28.1 Å². The van der Waals surface area contributed by atoms with Crippen molar-refractivity contribution in [2.75, 3.05) is 5.32 Å². The van der Waals surface area contributed by atoms with Crippen LogP contribution in [-0.2, 0) is 6.54 Å². The van der Waals surface area contributed by atoms with Gasteiger partial charge in [-0.3, -0.25) is 0 Å². The molecule has 0 aliphatic rings. The van der Waals surface area contributed by atoms with Crippen molar-refractivity contribution in [3.8, 4) is 5.69 Å². The molecule has 0 unspecified atom stereocenters. The molecule has 1 aromatic heterocycles. The molecule has 0 aliphatic heterocycles. The molecule has 0 saturated heterocycles. The Kier molecular flexibility index (Phi) is 4.78. The van der Waals surface area contributed by atoms with E-state index < -0.39 is 0 Å². The van der Waals surface area contributed by atoms with Crippen molar-refractivity contribution < 1.29 is 4.79 Å². The van der Waals surface area contributed by atoms with Crippen LogP contribution in [-0.4, -0.2) is 10.6 Å². The number of urea groups is 1. The van der Waals surface area contributed by atoms with Crippen LogP contribution in [0, 0.1) is 0 Å². The lowest BCUT2D eigenvalue weighted by atomic mass is 10.2. The fraction of sp³-hybridized carbons (Fsp3) is 0.0556. The summed E-state index contributed by atoms with van der Waals surface area (Å²) < 4.78 is 3.03. The van der Waals surface area contributed by atoms with E-state index >= 15 is 0 Å². The molecule has 0 spiro atoms. The van der Waals surface area contributed by atoms with Crippen molar-refractivity contribution in [1.82, 2.24) is 9.88 Å². The summed E-state index contributed by atoms with van der Waals surface area (Å²) in [5, 5.41) is 5.67. The molecule has 0 radical (unpaired) electrons. The second-order valence-electron chi connectivity index (χ2n) is 5.07. The van der Waals surface area contributed by atoms with Gasteiger partial charge in [0.25, 0.3) is 0 Å². The van der Waals surface area contributed by atoms with Crippen molar-refractivity contribution in [3.05, 3.63) is 83.1 Å². The Morgan fingerprint density at radius 1 is 0.957 bits per heavy atom. The maximum absolute atomic E-state index is 11.9. The quantitative estimate of drug-likeness (QED) is 0.695. The molecule has 2 N–H and O–H groups in total. The normalized spacial score (nSPS) is 10.3. The third-order valence-corrected chi connectivity index (χ3v) is 3.92. The minimum Gasteiger partial charge on any atom is -0.334 e. The van der Waals surface area contributed by atoms with Crippen LogP contribution in [0.25, 0.3) is 5.69 Å². The number of nitrogens with one attached hydrogen (secondary N) is 2. The van der Waals surface area contributed by atoms with Crippen LogP contribution in [0.2, 0.25) is 0 Å². The van der Waals surface area contributed by atoms with Crippen molar-refractivity contribution in [1.29, 1.82) is 0 Å². The lowest BCUT2D eigenvalue weighted by Crippen LogP contribution is -2.28. The predicted molar refractivity (Wildman–Crippen MR) is 95.8 cm³/mol. The number of carbonyl (C=O) groups excluding carboxylic acids is 1. The van der Waals surface area contributed by atoms with E-state index in [1.165, 1.54) is 0 Å². The van der Waals surface area contributed by atoms with Crippen molar-refractivity contribution in [2.45, 2.75) is 6.54 Å². The first-order valence-corrected chi connectivity index (χ1v) is 8.03. The number of hydrogen-bond donors (Lipinski definition) is 2. The maximum atomic E-state index is 11.9. The molecular formula is C18H16BrN3O. The van der Waals surface area contributed by atoms with Gasteiger partial charge in [0.15, 0.2) is 0 Å². The molecule has 0 saturated carbocycles. The number of amides is 2. The van der Waals surface area contributed by atoms with Gasteiger partial charge in [-0.25, -0.2) is 4.79 Å². The number of carbonyl (C=O) groups is 1. The van der Waals surface area contributed by atoms with E-state index in [-0.39, 0.29) is 6.03 Å². The van der Waals surface area contributed by atoms with E-state index in [0.29, 0.717) is 6.54 Å². The highest BCUT2D eigenvalue weighted by atomic mass is 79.9. The molecule has 0 bridgehead atoms. The number of rotatable bonds is 4. The average Bonchev–Trinajstić information content (AvgIpc) is 3.09. The number of halogens is 1. The molecule has 0 fully saturated rings. The van der Waals surface area contributed by atoms with Gasteiger partial charge >= 0.3 is 6.03 Å². The summed E-state index contributed by atoms with van der Waals surface area (Å²) in [6, 6.07) is 19.3. The van der Waals surface area contributed by atoms with Gasteiger partial charge in [0.1, 0.15) is 0 Å². The lowest BCUT2D eigenvalue weighted by molar-refractivity contribution is 0.251. The van der Waals surface area contributed by atoms with Crippen LogP contribution < -0.4 is 10.6 Å². The largest absolute Gasteiger partial charge is 0.334 e. The summed E-state index contributed by atoms with van der Waals surface area (Å²) in [6.45, 7) is 0.487. The molecule has 5 heteroatoms. The number of hydrogen-bond acceptors (Lipinski definition) is 1. The third-order valence-electron chi connectivity index (χ3n) is 3.39. The van der Waals surface area contributed by atoms with E-state index in [2.05, 4.69) is 26.6 Å². The highest BCUT2D eigenvalue weighted by molar-refractivity contribution is 9.10. The molecular weight excluding hydrogens is 354 g/mol. The third kappa shape index (κ3) is 4.23. The van der Waals surface area contributed by atoms with Gasteiger partial charge < -0.3 is 15.2 Å². The van der Waals surface area contributed by atoms with Crippen LogP contribution >= 0.6 is 15.9 Å². The Labute approximate surface area is 143 Å². The van der Waals surface area contributed by atoms with E-state index in [1.54, 1.807) is 0 Å². The van der Waals surface area contributed by atoms with Crippen molar-refractivity contribution in [3.63, 3.8) is 0 Å². The second-order valence-corrected chi connectivity index (χ2v) is 5.99. The van der Waals surface area contributed by atoms with Crippen LogP contribution in [0.15, 0.2) is 77.5 Å². The SMILES string of the molecule is O=C(NCc1ccc(Br)cc1)Nc1ccc(-n2cccc2)cc1. The summed E-state index contributed by atoms with van der Waals surface area (Å²) >= 11 is 3.39. The molecule has 4 nitrogen and oxygen atoms in total. The highest BCUT2D eigenvalue weighted by Gasteiger charge is 2.02. The topological polar surface area (TPSA) is 46.1 Å². The summed E-state index contributed by atoms with van der Waals surface area (Å²) in [5.74, 6) is 0. The van der Waals surface area contributed by atoms with E-state index in [0.717, 1.165) is 21.4 Å². The Morgan fingerprint density at radius 3 is 2.26 bits per heavy atom. The minimum atomic E-state index is -0.221. The van der Waals surface area contributed by atoms with Crippen LogP contribution in [0.3, 0.4) is 0 Å². The number of benzene rings is 2. The van der Waals surface area contributed by atoms with Crippen molar-refractivity contribution in [2.24, 2.45) is 0 Å². The minimum absolute atomic E-state index is 0.221. The summed E-state index contributed by atoms with van der Waals surface area (Å²) in [7, 11) is 0. The maximum Gasteiger partial charge on any atom is 0.319 e. The predicted octanol–water partition coefficient (Wildman–Crippen LogP) is 4.56. The molecule has 1 heterocycles. The van der Waals surface area contributed by atoms with E-state index in [4.69, 9.17) is 0 Å². The number of aromatic nitrogens is 1. The van der Waals surface area contributed by atoms with Gasteiger partial charge in [0, 0.05) is 34.8 Å². The van der Waals surface area contributed by atoms with Gasteiger partial charge in [0.05, 0.1) is 0 Å². The van der Waals surface area contributed by atoms with E-state index in [9.17, 15) is 4.79 Å². The molecule has 23 heavy (non-hydrogen) atoms. The zero-order valence-electron chi connectivity index (χ0n) is 12.4. The first-order chi connectivity index (χ1) is 11.2. The smallest absolute Gasteiger partial charge is 0.319 e. The van der Waals surface area contributed by atoms with Crippen molar-refractivity contribution >= 4 is 27.6 Å². The van der Waals surface area contributed by atoms with Crippen LogP contribution in [0.1, 0.15) is 5.56 Å². The molecule has 2 aromatic carbocycles. The van der Waals surface area contributed by atoms with Gasteiger partial charge in [-0.2, -0.15) is 0 Å². The molecule has 0 aliphatic carbocycles. The Bertz CT molecular complexity index is 765. The lowest BCUT2D eigenvalue weighted by Gasteiger charge is -2.09. The van der Waals surface area contributed by atoms with Gasteiger partial charge in [-0.05, 0) is 54.1 Å².